The van der Waals surface area contributed by atoms with Gasteiger partial charge in [0.15, 0.2) is 0 Å². The number of likely N-dealkylation sites (tertiary alicyclic amines) is 2. The number of hydrogen-bond donors (Lipinski definition) is 2. The highest BCUT2D eigenvalue weighted by Gasteiger charge is 2.34. The molecule has 21 heavy (non-hydrogen) atoms. The van der Waals surface area contributed by atoms with E-state index in [1.54, 1.807) is 9.80 Å². The van der Waals surface area contributed by atoms with Crippen molar-refractivity contribution in [1.29, 1.82) is 0 Å². The van der Waals surface area contributed by atoms with Crippen molar-refractivity contribution in [2.45, 2.75) is 51.5 Å². The summed E-state index contributed by atoms with van der Waals surface area (Å²) in [4.78, 5) is 3.38. The first-order valence-corrected chi connectivity index (χ1v) is 8.78. The van der Waals surface area contributed by atoms with Gasteiger partial charge in [0, 0.05) is 0 Å². The Morgan fingerprint density at radius 3 is 1.81 bits per heavy atom. The molecule has 0 aliphatic carbocycles. The average molecular weight is 290 g/mol. The van der Waals surface area contributed by atoms with Gasteiger partial charge < -0.3 is 0 Å². The Morgan fingerprint density at radius 1 is 0.762 bits per heavy atom. The number of nitrogens with one attached hydrogen (secondary N) is 2. The molecule has 2 heterocycles. The van der Waals surface area contributed by atoms with Gasteiger partial charge in [-0.15, -0.1) is 0 Å². The molecule has 1 aromatic carbocycles. The largest absolute Gasteiger partial charge is 0.329 e. The fourth-order valence-electron chi connectivity index (χ4n) is 3.81. The molecule has 0 bridgehead atoms. The summed E-state index contributed by atoms with van der Waals surface area (Å²) in [6.45, 7) is 5.94. The van der Waals surface area contributed by atoms with Crippen LogP contribution in [0.25, 0.3) is 0 Å². The maximum Gasteiger partial charge on any atom is 0.329 e. The van der Waals surface area contributed by atoms with Gasteiger partial charge in [0.25, 0.3) is 0 Å². The predicted molar refractivity (Wildman–Crippen MR) is 84.1 cm³/mol. The van der Waals surface area contributed by atoms with Crippen molar-refractivity contribution in [3.05, 3.63) is 35.9 Å². The molecule has 116 valence electrons. The summed E-state index contributed by atoms with van der Waals surface area (Å²) in [5.41, 5.74) is 1.30. The van der Waals surface area contributed by atoms with Crippen molar-refractivity contribution in [1.82, 2.24) is 0 Å². The van der Waals surface area contributed by atoms with Gasteiger partial charge in [-0.3, -0.25) is 14.5 Å². The maximum atomic E-state index is 6.43. The van der Waals surface area contributed by atoms with E-state index in [0.29, 0.717) is 6.35 Å². The van der Waals surface area contributed by atoms with Gasteiger partial charge in [-0.05, 0) is 44.1 Å². The van der Waals surface area contributed by atoms with Crippen molar-refractivity contribution in [2.75, 3.05) is 26.2 Å². The minimum atomic E-state index is 0.353. The lowest BCUT2D eigenvalue weighted by Crippen LogP contribution is -3.37. The van der Waals surface area contributed by atoms with E-state index in [9.17, 15) is 0 Å². The zero-order valence-electron chi connectivity index (χ0n) is 13.2. The molecule has 0 atom stereocenters. The summed E-state index contributed by atoms with van der Waals surface area (Å²) >= 11 is 0. The van der Waals surface area contributed by atoms with Crippen LogP contribution in [0.4, 0.5) is 0 Å². The molecule has 0 radical (unpaired) electrons. The molecular weight excluding hydrogens is 260 g/mol. The zero-order valence-corrected chi connectivity index (χ0v) is 13.2. The minimum absolute atomic E-state index is 0.353. The Labute approximate surface area is 128 Å². The van der Waals surface area contributed by atoms with Gasteiger partial charge >= 0.3 is 6.35 Å². The Balaban J connectivity index is 1.62. The van der Waals surface area contributed by atoms with E-state index < -0.39 is 0 Å². The van der Waals surface area contributed by atoms with E-state index in [0.717, 1.165) is 6.61 Å². The zero-order chi connectivity index (χ0) is 14.3. The average Bonchev–Trinajstić information content (AvgIpc) is 2.58. The van der Waals surface area contributed by atoms with E-state index in [1.165, 1.54) is 70.3 Å². The lowest BCUT2D eigenvalue weighted by atomic mass is 10.1. The maximum absolute atomic E-state index is 6.43. The SMILES string of the molecule is c1ccc(COC([NH+]2CCCCC2)[NH+]2CCCCC2)cc1. The normalized spacial score (nSPS) is 21.8. The van der Waals surface area contributed by atoms with Crippen LogP contribution >= 0.6 is 0 Å². The minimum Gasteiger partial charge on any atom is -0.277 e. The van der Waals surface area contributed by atoms with E-state index in [-0.39, 0.29) is 0 Å². The number of benzene rings is 1. The van der Waals surface area contributed by atoms with Gasteiger partial charge in [0.05, 0.1) is 32.8 Å². The molecule has 1 aromatic rings. The van der Waals surface area contributed by atoms with Gasteiger partial charge in [0.1, 0.15) is 0 Å². The molecule has 3 nitrogen and oxygen atoms in total. The molecule has 3 rings (SSSR count). The fourth-order valence-corrected chi connectivity index (χ4v) is 3.81. The highest BCUT2D eigenvalue weighted by atomic mass is 16.5. The molecule has 2 fully saturated rings. The van der Waals surface area contributed by atoms with Crippen molar-refractivity contribution >= 4 is 0 Å². The molecule has 2 aliphatic heterocycles. The Hall–Kier alpha value is -0.900. The summed E-state index contributed by atoms with van der Waals surface area (Å²) in [6, 6.07) is 10.6. The van der Waals surface area contributed by atoms with Crippen LogP contribution in [0.1, 0.15) is 44.1 Å². The summed E-state index contributed by atoms with van der Waals surface area (Å²) in [5.74, 6) is 0. The molecule has 0 aromatic heterocycles. The molecule has 0 amide bonds. The second-order valence-electron chi connectivity index (χ2n) is 6.61. The Bertz CT molecular complexity index is 379. The molecule has 2 saturated heterocycles. The van der Waals surface area contributed by atoms with Gasteiger partial charge in [-0.25, -0.2) is 0 Å². The van der Waals surface area contributed by atoms with Crippen LogP contribution in [0.3, 0.4) is 0 Å². The van der Waals surface area contributed by atoms with Gasteiger partial charge in [0.2, 0.25) is 0 Å². The van der Waals surface area contributed by atoms with Gasteiger partial charge in [-0.1, -0.05) is 30.3 Å². The molecule has 0 unspecified atom stereocenters. The van der Waals surface area contributed by atoms with E-state index in [1.807, 2.05) is 0 Å². The highest BCUT2D eigenvalue weighted by Crippen LogP contribution is 2.02. The molecule has 2 aliphatic rings. The quantitative estimate of drug-likeness (QED) is 0.814. The first-order valence-electron chi connectivity index (χ1n) is 8.78. The molecular formula is C18H30N2O+2. The summed E-state index contributed by atoms with van der Waals surface area (Å²) in [5, 5.41) is 0. The van der Waals surface area contributed by atoms with Crippen molar-refractivity contribution < 1.29 is 14.5 Å². The fraction of sp³-hybridized carbons (Fsp3) is 0.667. The highest BCUT2D eigenvalue weighted by molar-refractivity contribution is 5.13. The number of rotatable bonds is 5. The van der Waals surface area contributed by atoms with Gasteiger partial charge in [-0.2, -0.15) is 0 Å². The molecule has 0 spiro atoms. The van der Waals surface area contributed by atoms with Crippen LogP contribution in [0.2, 0.25) is 0 Å². The van der Waals surface area contributed by atoms with Crippen LogP contribution in [0.5, 0.6) is 0 Å². The number of hydrogen-bond acceptors (Lipinski definition) is 1. The molecule has 0 saturated carbocycles. The summed E-state index contributed by atoms with van der Waals surface area (Å²) in [6.07, 6.45) is 8.64. The summed E-state index contributed by atoms with van der Waals surface area (Å²) in [7, 11) is 0. The first-order chi connectivity index (χ1) is 10.4. The standard InChI is InChI=1S/C18H28N2O/c1-4-10-17(11-5-1)16-21-18(19-12-6-2-7-13-19)20-14-8-3-9-15-20/h1,4-5,10-11,18H,2-3,6-9,12-16H2/p+2. The second-order valence-corrected chi connectivity index (χ2v) is 6.61. The van der Waals surface area contributed by atoms with Crippen molar-refractivity contribution in [3.8, 4) is 0 Å². The number of piperidine rings is 2. The second kappa shape index (κ2) is 7.92. The first kappa shape index (κ1) is 15.0. The lowest BCUT2D eigenvalue weighted by Gasteiger charge is -2.36. The van der Waals surface area contributed by atoms with Crippen molar-refractivity contribution in [3.63, 3.8) is 0 Å². The number of quaternary nitrogens is 2. The van der Waals surface area contributed by atoms with E-state index >= 15 is 0 Å². The van der Waals surface area contributed by atoms with Crippen LogP contribution in [0, 0.1) is 0 Å². The third-order valence-corrected chi connectivity index (χ3v) is 4.99. The third kappa shape index (κ3) is 4.29. The third-order valence-electron chi connectivity index (χ3n) is 4.99. The molecule has 3 heteroatoms. The smallest absolute Gasteiger partial charge is 0.277 e. The molecule has 2 N–H and O–H groups in total. The number of ether oxygens (including phenoxy) is 1. The van der Waals surface area contributed by atoms with Crippen LogP contribution in [0.15, 0.2) is 30.3 Å². The Morgan fingerprint density at radius 2 is 1.29 bits per heavy atom. The van der Waals surface area contributed by atoms with Crippen molar-refractivity contribution in [2.24, 2.45) is 0 Å². The van der Waals surface area contributed by atoms with Crippen LogP contribution in [-0.4, -0.2) is 32.5 Å². The predicted octanol–water partition coefficient (Wildman–Crippen LogP) is 0.624. The topological polar surface area (TPSA) is 18.1 Å². The monoisotopic (exact) mass is 290 g/mol. The van der Waals surface area contributed by atoms with Crippen LogP contribution < -0.4 is 9.80 Å². The van der Waals surface area contributed by atoms with Crippen LogP contribution in [-0.2, 0) is 11.3 Å². The Kier molecular flexibility index (Phi) is 5.67. The van der Waals surface area contributed by atoms with E-state index in [2.05, 4.69) is 30.3 Å². The summed E-state index contributed by atoms with van der Waals surface area (Å²) < 4.78 is 6.43. The lowest BCUT2D eigenvalue weighted by molar-refractivity contribution is -1.15. The van der Waals surface area contributed by atoms with E-state index in [4.69, 9.17) is 4.74 Å².